The van der Waals surface area contributed by atoms with Crippen LogP contribution in [-0.2, 0) is 11.3 Å². The molecule has 1 aliphatic rings. The van der Waals surface area contributed by atoms with Crippen LogP contribution in [0.4, 0.5) is 10.7 Å². The van der Waals surface area contributed by atoms with Crippen molar-refractivity contribution in [2.45, 2.75) is 32.4 Å². The molecule has 0 bridgehead atoms. The van der Waals surface area contributed by atoms with Gasteiger partial charge in [0.25, 0.3) is 5.91 Å². The second kappa shape index (κ2) is 9.68. The Hall–Kier alpha value is -3.16. The molecule has 2 amide bonds. The number of amides is 2. The lowest BCUT2D eigenvalue weighted by atomic mass is 10.1. The number of ether oxygens (including phenoxy) is 1. The summed E-state index contributed by atoms with van der Waals surface area (Å²) < 4.78 is 5.03. The molecule has 0 spiro atoms. The molecule has 1 saturated heterocycles. The standard InChI is InChI=1S/C20H25N5O3/c1-2-28-20(27)25-12-9-16(10-13-25)23-19-21-11-8-17(24-19)18(26)22-14-15-6-4-3-5-7-15/h3-8,11,16H,2,9-10,12-14H2,1H3,(H,22,26)(H,21,23,24). The predicted octanol–water partition coefficient (Wildman–Crippen LogP) is 2.44. The SMILES string of the molecule is CCOC(=O)N1CCC(Nc2nccc(C(=O)NCc3ccccc3)n2)CC1. The van der Waals surface area contributed by atoms with Gasteiger partial charge in [-0.3, -0.25) is 4.79 Å². The molecule has 1 aliphatic heterocycles. The smallest absolute Gasteiger partial charge is 0.409 e. The maximum Gasteiger partial charge on any atom is 0.409 e. The Balaban J connectivity index is 1.51. The molecule has 8 nitrogen and oxygen atoms in total. The van der Waals surface area contributed by atoms with E-state index in [2.05, 4.69) is 20.6 Å². The van der Waals surface area contributed by atoms with Crippen molar-refractivity contribution in [1.82, 2.24) is 20.2 Å². The van der Waals surface area contributed by atoms with Crippen LogP contribution in [-0.4, -0.2) is 52.6 Å². The molecule has 3 rings (SSSR count). The van der Waals surface area contributed by atoms with Gasteiger partial charge in [0.2, 0.25) is 5.95 Å². The Labute approximate surface area is 164 Å². The number of anilines is 1. The van der Waals surface area contributed by atoms with Gasteiger partial charge in [-0.2, -0.15) is 0 Å². The van der Waals surface area contributed by atoms with Crippen molar-refractivity contribution in [1.29, 1.82) is 0 Å². The quantitative estimate of drug-likeness (QED) is 0.795. The predicted molar refractivity (Wildman–Crippen MR) is 105 cm³/mol. The highest BCUT2D eigenvalue weighted by atomic mass is 16.6. The Morgan fingerprint density at radius 1 is 1.18 bits per heavy atom. The van der Waals surface area contributed by atoms with Crippen molar-refractivity contribution in [3.05, 3.63) is 53.9 Å². The lowest BCUT2D eigenvalue weighted by molar-refractivity contribution is 0.0943. The van der Waals surface area contributed by atoms with E-state index in [-0.39, 0.29) is 18.0 Å². The molecule has 0 saturated carbocycles. The minimum absolute atomic E-state index is 0.147. The molecule has 0 aliphatic carbocycles. The number of nitrogens with one attached hydrogen (secondary N) is 2. The van der Waals surface area contributed by atoms with Gasteiger partial charge in [-0.15, -0.1) is 0 Å². The van der Waals surface area contributed by atoms with Crippen molar-refractivity contribution in [2.75, 3.05) is 25.0 Å². The number of piperidine rings is 1. The zero-order valence-corrected chi connectivity index (χ0v) is 15.9. The molecule has 1 aromatic carbocycles. The summed E-state index contributed by atoms with van der Waals surface area (Å²) in [5, 5.41) is 6.12. The number of carbonyl (C=O) groups is 2. The Bertz CT molecular complexity index is 791. The third kappa shape index (κ3) is 5.42. The van der Waals surface area contributed by atoms with Crippen LogP contribution in [0.1, 0.15) is 35.8 Å². The minimum Gasteiger partial charge on any atom is -0.450 e. The van der Waals surface area contributed by atoms with E-state index in [1.165, 1.54) is 0 Å². The first-order chi connectivity index (χ1) is 13.7. The molecule has 1 aromatic heterocycles. The average Bonchev–Trinajstić information content (AvgIpc) is 2.73. The van der Waals surface area contributed by atoms with Crippen molar-refractivity contribution < 1.29 is 14.3 Å². The lowest BCUT2D eigenvalue weighted by Gasteiger charge is -2.31. The average molecular weight is 383 g/mol. The molecule has 2 N–H and O–H groups in total. The van der Waals surface area contributed by atoms with E-state index < -0.39 is 0 Å². The number of hydrogen-bond donors (Lipinski definition) is 2. The van der Waals surface area contributed by atoms with Crippen molar-refractivity contribution in [3.8, 4) is 0 Å². The fourth-order valence-electron chi connectivity index (χ4n) is 3.03. The monoisotopic (exact) mass is 383 g/mol. The summed E-state index contributed by atoms with van der Waals surface area (Å²) in [6.45, 7) is 3.86. The Kier molecular flexibility index (Phi) is 6.78. The van der Waals surface area contributed by atoms with Gasteiger partial charge in [0.15, 0.2) is 0 Å². The maximum atomic E-state index is 12.4. The minimum atomic E-state index is -0.269. The molecule has 28 heavy (non-hydrogen) atoms. The number of rotatable bonds is 6. The molecule has 0 unspecified atom stereocenters. The van der Waals surface area contributed by atoms with Gasteiger partial charge in [-0.1, -0.05) is 30.3 Å². The molecular weight excluding hydrogens is 358 g/mol. The summed E-state index contributed by atoms with van der Waals surface area (Å²) in [7, 11) is 0. The van der Waals surface area contributed by atoms with E-state index in [0.29, 0.717) is 37.9 Å². The van der Waals surface area contributed by atoms with Crippen LogP contribution in [0.5, 0.6) is 0 Å². The molecule has 0 radical (unpaired) electrons. The molecular formula is C20H25N5O3. The lowest BCUT2D eigenvalue weighted by Crippen LogP contribution is -2.42. The Morgan fingerprint density at radius 2 is 1.93 bits per heavy atom. The van der Waals surface area contributed by atoms with E-state index >= 15 is 0 Å². The molecule has 2 aromatic rings. The zero-order valence-electron chi connectivity index (χ0n) is 15.9. The second-order valence-corrected chi connectivity index (χ2v) is 6.54. The van der Waals surface area contributed by atoms with Gasteiger partial charge in [0.1, 0.15) is 5.69 Å². The van der Waals surface area contributed by atoms with Crippen LogP contribution in [0, 0.1) is 0 Å². The highest BCUT2D eigenvalue weighted by molar-refractivity contribution is 5.92. The van der Waals surface area contributed by atoms with Crippen LogP contribution in [0.25, 0.3) is 0 Å². The van der Waals surface area contributed by atoms with E-state index in [1.807, 2.05) is 30.3 Å². The molecule has 1 fully saturated rings. The molecule has 2 heterocycles. The zero-order chi connectivity index (χ0) is 19.8. The largest absolute Gasteiger partial charge is 0.450 e. The summed E-state index contributed by atoms with van der Waals surface area (Å²) in [6.07, 6.45) is 2.84. The van der Waals surface area contributed by atoms with Gasteiger partial charge >= 0.3 is 6.09 Å². The Morgan fingerprint density at radius 3 is 2.64 bits per heavy atom. The van der Waals surface area contributed by atoms with Gasteiger partial charge in [-0.25, -0.2) is 14.8 Å². The van der Waals surface area contributed by atoms with Crippen LogP contribution in [0.2, 0.25) is 0 Å². The van der Waals surface area contributed by atoms with Gasteiger partial charge < -0.3 is 20.3 Å². The number of nitrogens with zero attached hydrogens (tertiary/aromatic N) is 3. The summed E-state index contributed by atoms with van der Waals surface area (Å²) >= 11 is 0. The number of carbonyl (C=O) groups excluding carboxylic acids is 2. The van der Waals surface area contributed by atoms with Gasteiger partial charge in [0, 0.05) is 31.9 Å². The van der Waals surface area contributed by atoms with Crippen molar-refractivity contribution >= 4 is 17.9 Å². The van der Waals surface area contributed by atoms with Crippen LogP contribution >= 0.6 is 0 Å². The summed E-state index contributed by atoms with van der Waals surface area (Å²) in [5.41, 5.74) is 1.34. The fraction of sp³-hybridized carbons (Fsp3) is 0.400. The topological polar surface area (TPSA) is 96.5 Å². The highest BCUT2D eigenvalue weighted by Crippen LogP contribution is 2.15. The first-order valence-electron chi connectivity index (χ1n) is 9.49. The van der Waals surface area contributed by atoms with E-state index in [4.69, 9.17) is 4.74 Å². The number of aromatic nitrogens is 2. The molecule has 0 atom stereocenters. The first kappa shape index (κ1) is 19.6. The van der Waals surface area contributed by atoms with Crippen molar-refractivity contribution in [3.63, 3.8) is 0 Å². The van der Waals surface area contributed by atoms with Crippen LogP contribution in [0.15, 0.2) is 42.6 Å². The van der Waals surface area contributed by atoms with E-state index in [9.17, 15) is 9.59 Å². The van der Waals surface area contributed by atoms with Gasteiger partial charge in [-0.05, 0) is 31.4 Å². The third-order valence-corrected chi connectivity index (χ3v) is 4.54. The van der Waals surface area contributed by atoms with Gasteiger partial charge in [0.05, 0.1) is 6.61 Å². The fourth-order valence-corrected chi connectivity index (χ4v) is 3.03. The summed E-state index contributed by atoms with van der Waals surface area (Å²) in [5.74, 6) is 0.174. The second-order valence-electron chi connectivity index (χ2n) is 6.54. The van der Waals surface area contributed by atoms with Crippen LogP contribution in [0.3, 0.4) is 0 Å². The summed E-state index contributed by atoms with van der Waals surface area (Å²) in [6, 6.07) is 11.4. The van der Waals surface area contributed by atoms with E-state index in [1.54, 1.807) is 24.1 Å². The molecule has 8 heteroatoms. The normalized spacial score (nSPS) is 14.4. The highest BCUT2D eigenvalue weighted by Gasteiger charge is 2.24. The molecule has 148 valence electrons. The third-order valence-electron chi connectivity index (χ3n) is 4.54. The van der Waals surface area contributed by atoms with Crippen molar-refractivity contribution in [2.24, 2.45) is 0 Å². The number of likely N-dealkylation sites (tertiary alicyclic amines) is 1. The van der Waals surface area contributed by atoms with E-state index in [0.717, 1.165) is 18.4 Å². The number of hydrogen-bond acceptors (Lipinski definition) is 6. The maximum absolute atomic E-state index is 12.4. The van der Waals surface area contributed by atoms with Crippen LogP contribution < -0.4 is 10.6 Å². The number of benzene rings is 1. The summed E-state index contributed by atoms with van der Waals surface area (Å²) in [4.78, 5) is 34.4. The first-order valence-corrected chi connectivity index (χ1v) is 9.49.